The fraction of sp³-hybridized carbons (Fsp3) is 0.0769. The van der Waals surface area contributed by atoms with E-state index in [0.29, 0.717) is 0 Å². The average Bonchev–Trinajstić information content (AvgIpc) is 2.38. The molecule has 1 aromatic heterocycles. The summed E-state index contributed by atoms with van der Waals surface area (Å²) in [6.07, 6.45) is -3.11. The predicted molar refractivity (Wildman–Crippen MR) is 66.5 cm³/mol. The fourth-order valence-electron chi connectivity index (χ4n) is 1.53. The summed E-state index contributed by atoms with van der Waals surface area (Å²) in [4.78, 5) is 25.2. The topological polar surface area (TPSA) is 62.0 Å². The van der Waals surface area contributed by atoms with E-state index in [1.165, 1.54) is 12.3 Å². The molecule has 0 aliphatic rings. The van der Waals surface area contributed by atoms with Gasteiger partial charge < -0.3 is 10.3 Å². The highest BCUT2D eigenvalue weighted by Gasteiger charge is 2.29. The van der Waals surface area contributed by atoms with Crippen LogP contribution in [0.5, 0.6) is 0 Å². The molecule has 20 heavy (non-hydrogen) atoms. The van der Waals surface area contributed by atoms with Gasteiger partial charge in [0.1, 0.15) is 0 Å². The number of amides is 1. The number of alkyl halides is 3. The molecule has 1 heterocycles. The van der Waals surface area contributed by atoms with Gasteiger partial charge >= 0.3 is 6.18 Å². The lowest BCUT2D eigenvalue weighted by Gasteiger charge is -2.08. The lowest BCUT2D eigenvalue weighted by molar-refractivity contribution is -0.137. The molecule has 0 unspecified atom stereocenters. The van der Waals surface area contributed by atoms with Gasteiger partial charge in [0.25, 0.3) is 5.91 Å². The number of aromatic amines is 1. The zero-order valence-electron chi connectivity index (χ0n) is 9.99. The highest BCUT2D eigenvalue weighted by Crippen LogP contribution is 2.29. The van der Waals surface area contributed by atoms with E-state index in [0.717, 1.165) is 30.3 Å². The molecule has 0 saturated carbocycles. The summed E-state index contributed by atoms with van der Waals surface area (Å²) in [5.74, 6) is -0.573. The van der Waals surface area contributed by atoms with Crippen molar-refractivity contribution in [2.45, 2.75) is 6.18 Å². The largest absolute Gasteiger partial charge is 0.416 e. The third-order valence-corrected chi connectivity index (χ3v) is 2.51. The van der Waals surface area contributed by atoms with Gasteiger partial charge in [-0.2, -0.15) is 13.2 Å². The van der Waals surface area contributed by atoms with E-state index in [1.807, 2.05) is 0 Å². The first-order valence-corrected chi connectivity index (χ1v) is 5.53. The second-order valence-corrected chi connectivity index (χ2v) is 3.97. The summed E-state index contributed by atoms with van der Waals surface area (Å²) in [6, 6.07) is 6.52. The Kier molecular flexibility index (Phi) is 3.60. The van der Waals surface area contributed by atoms with Gasteiger partial charge in [0, 0.05) is 23.5 Å². The van der Waals surface area contributed by atoms with Crippen LogP contribution in [0.4, 0.5) is 18.9 Å². The number of carbonyl (C=O) groups excluding carboxylic acids is 1. The van der Waals surface area contributed by atoms with Crippen LogP contribution >= 0.6 is 0 Å². The molecular formula is C13H9F3N2O2. The maximum Gasteiger partial charge on any atom is 0.416 e. The molecule has 2 aromatic rings. The maximum absolute atomic E-state index is 12.4. The smallest absolute Gasteiger partial charge is 0.329 e. The molecule has 0 radical (unpaired) electrons. The van der Waals surface area contributed by atoms with Crippen LogP contribution in [0.3, 0.4) is 0 Å². The Morgan fingerprint density at radius 2 is 1.75 bits per heavy atom. The van der Waals surface area contributed by atoms with Gasteiger partial charge in [-0.25, -0.2) is 0 Å². The number of rotatable bonds is 2. The second kappa shape index (κ2) is 5.20. The van der Waals surface area contributed by atoms with E-state index in [4.69, 9.17) is 0 Å². The van der Waals surface area contributed by atoms with Crippen LogP contribution < -0.4 is 10.9 Å². The Labute approximate surface area is 111 Å². The molecule has 0 spiro atoms. The molecule has 7 heteroatoms. The third-order valence-electron chi connectivity index (χ3n) is 2.51. The van der Waals surface area contributed by atoms with Gasteiger partial charge in [0.05, 0.1) is 5.56 Å². The van der Waals surface area contributed by atoms with Crippen molar-refractivity contribution >= 4 is 11.6 Å². The molecule has 2 rings (SSSR count). The minimum atomic E-state index is -4.42. The number of H-pyrrole nitrogens is 1. The van der Waals surface area contributed by atoms with Crippen molar-refractivity contribution in [2.75, 3.05) is 5.32 Å². The van der Waals surface area contributed by atoms with Crippen LogP contribution in [-0.2, 0) is 6.18 Å². The highest BCUT2D eigenvalue weighted by molar-refractivity contribution is 6.04. The Balaban J connectivity index is 2.14. The van der Waals surface area contributed by atoms with Gasteiger partial charge in [0.2, 0.25) is 5.56 Å². The summed E-state index contributed by atoms with van der Waals surface area (Å²) < 4.78 is 37.1. The van der Waals surface area contributed by atoms with Crippen molar-refractivity contribution in [2.24, 2.45) is 0 Å². The van der Waals surface area contributed by atoms with Crippen LogP contribution in [0.2, 0.25) is 0 Å². The molecule has 0 bridgehead atoms. The molecule has 0 saturated heterocycles. The zero-order valence-corrected chi connectivity index (χ0v) is 9.99. The quantitative estimate of drug-likeness (QED) is 0.889. The van der Waals surface area contributed by atoms with Crippen LogP contribution in [0, 0.1) is 0 Å². The first-order chi connectivity index (χ1) is 9.36. The van der Waals surface area contributed by atoms with Crippen molar-refractivity contribution < 1.29 is 18.0 Å². The summed E-state index contributed by atoms with van der Waals surface area (Å²) in [5, 5.41) is 2.41. The molecule has 0 aliphatic carbocycles. The Bertz CT molecular complexity index is 675. The molecule has 0 fully saturated rings. The number of aromatic nitrogens is 1. The Morgan fingerprint density at radius 3 is 2.30 bits per heavy atom. The average molecular weight is 282 g/mol. The number of carbonyl (C=O) groups is 1. The van der Waals surface area contributed by atoms with Crippen molar-refractivity contribution in [3.8, 4) is 0 Å². The first kappa shape index (κ1) is 13.9. The van der Waals surface area contributed by atoms with Gasteiger partial charge in [-0.1, -0.05) is 0 Å². The third kappa shape index (κ3) is 3.25. The maximum atomic E-state index is 12.4. The van der Waals surface area contributed by atoms with Crippen molar-refractivity contribution in [3.63, 3.8) is 0 Å². The molecule has 4 nitrogen and oxygen atoms in total. The number of pyridine rings is 1. The van der Waals surface area contributed by atoms with Crippen LogP contribution in [0.25, 0.3) is 0 Å². The van der Waals surface area contributed by atoms with E-state index in [2.05, 4.69) is 10.3 Å². The second-order valence-electron chi connectivity index (χ2n) is 3.97. The highest BCUT2D eigenvalue weighted by atomic mass is 19.4. The van der Waals surface area contributed by atoms with E-state index < -0.39 is 23.2 Å². The number of nitrogens with one attached hydrogen (secondary N) is 2. The van der Waals surface area contributed by atoms with Crippen LogP contribution in [0.1, 0.15) is 15.9 Å². The number of anilines is 1. The predicted octanol–water partition coefficient (Wildman–Crippen LogP) is 2.65. The molecule has 1 aromatic carbocycles. The SMILES string of the molecule is O=C(Nc1ccc(C(F)(F)F)cc1)c1cc[nH]c(=O)c1. The molecule has 0 aliphatic heterocycles. The minimum Gasteiger partial charge on any atom is -0.329 e. The van der Waals surface area contributed by atoms with Crippen LogP contribution in [0.15, 0.2) is 47.4 Å². The van der Waals surface area contributed by atoms with Crippen molar-refractivity contribution in [1.29, 1.82) is 0 Å². The number of benzene rings is 1. The van der Waals surface area contributed by atoms with E-state index in [-0.39, 0.29) is 11.3 Å². The summed E-state index contributed by atoms with van der Waals surface area (Å²) in [6.45, 7) is 0. The fourth-order valence-corrected chi connectivity index (χ4v) is 1.53. The van der Waals surface area contributed by atoms with Gasteiger partial charge in [-0.15, -0.1) is 0 Å². The van der Waals surface area contributed by atoms with Gasteiger partial charge in [-0.05, 0) is 30.3 Å². The molecule has 2 N–H and O–H groups in total. The molecule has 0 atom stereocenters. The van der Waals surface area contributed by atoms with Crippen molar-refractivity contribution in [3.05, 3.63) is 64.1 Å². The lowest BCUT2D eigenvalue weighted by atomic mass is 10.2. The monoisotopic (exact) mass is 282 g/mol. The Hall–Kier alpha value is -2.57. The summed E-state index contributed by atoms with van der Waals surface area (Å²) >= 11 is 0. The molecular weight excluding hydrogens is 273 g/mol. The molecule has 104 valence electrons. The summed E-state index contributed by atoms with van der Waals surface area (Å²) in [5.41, 5.74) is -0.909. The van der Waals surface area contributed by atoms with Crippen molar-refractivity contribution in [1.82, 2.24) is 4.98 Å². The van der Waals surface area contributed by atoms with E-state index in [9.17, 15) is 22.8 Å². The van der Waals surface area contributed by atoms with Crippen LogP contribution in [-0.4, -0.2) is 10.9 Å². The van der Waals surface area contributed by atoms with E-state index in [1.54, 1.807) is 0 Å². The Morgan fingerprint density at radius 1 is 1.10 bits per heavy atom. The number of hydrogen-bond donors (Lipinski definition) is 2. The first-order valence-electron chi connectivity index (χ1n) is 5.53. The standard InChI is InChI=1S/C13H9F3N2O2/c14-13(15,16)9-1-3-10(4-2-9)18-12(20)8-5-6-17-11(19)7-8/h1-7H,(H,17,19)(H,18,20). The van der Waals surface area contributed by atoms with Gasteiger partial charge in [0.15, 0.2) is 0 Å². The summed E-state index contributed by atoms with van der Waals surface area (Å²) in [7, 11) is 0. The minimum absolute atomic E-state index is 0.119. The van der Waals surface area contributed by atoms with E-state index >= 15 is 0 Å². The molecule has 1 amide bonds. The lowest BCUT2D eigenvalue weighted by Crippen LogP contribution is -2.15. The normalized spacial score (nSPS) is 11.2. The number of hydrogen-bond acceptors (Lipinski definition) is 2. The van der Waals surface area contributed by atoms with Gasteiger partial charge in [-0.3, -0.25) is 9.59 Å². The zero-order chi connectivity index (χ0) is 14.8. The number of halogens is 3.